The number of thiophene rings is 1. The Balaban J connectivity index is 1.70. The van der Waals surface area contributed by atoms with Gasteiger partial charge in [0.15, 0.2) is 6.61 Å². The molecule has 0 saturated heterocycles. The van der Waals surface area contributed by atoms with Gasteiger partial charge in [0.1, 0.15) is 4.88 Å². The van der Waals surface area contributed by atoms with Crippen LogP contribution in [-0.2, 0) is 9.53 Å². The van der Waals surface area contributed by atoms with Gasteiger partial charge in [-0.3, -0.25) is 10.1 Å². The molecule has 120 valence electrons. The highest BCUT2D eigenvalue weighted by molar-refractivity contribution is 7.11. The first kappa shape index (κ1) is 16.5. The number of rotatable bonds is 4. The normalized spacial score (nSPS) is 21.0. The Kier molecular flexibility index (Phi) is 5.94. The highest BCUT2D eigenvalue weighted by atomic mass is 32.1. The van der Waals surface area contributed by atoms with E-state index in [1.807, 2.05) is 0 Å². The molecular weight excluding hydrogens is 304 g/mol. The Morgan fingerprint density at radius 3 is 2.77 bits per heavy atom. The first-order chi connectivity index (χ1) is 10.6. The van der Waals surface area contributed by atoms with Crippen molar-refractivity contribution in [3.63, 3.8) is 0 Å². The standard InChI is InChI=1S/C15H20N2O4S/c1-10-5-2-3-6-11(10)16-15(20)17-13(18)9-21-14(19)12-7-4-8-22-12/h4,7-8,10-11H,2-3,5-6,9H2,1H3,(H2,16,17,18,20)/t10-,11+/m1/s1. The topological polar surface area (TPSA) is 84.5 Å². The van der Waals surface area contributed by atoms with Crippen LogP contribution in [0.5, 0.6) is 0 Å². The van der Waals surface area contributed by atoms with Crippen LogP contribution in [0.2, 0.25) is 0 Å². The van der Waals surface area contributed by atoms with E-state index in [0.717, 1.165) is 19.3 Å². The predicted octanol–water partition coefficient (Wildman–Crippen LogP) is 2.31. The summed E-state index contributed by atoms with van der Waals surface area (Å²) >= 11 is 1.23. The minimum atomic E-state index is -0.633. The third-order valence-electron chi connectivity index (χ3n) is 3.74. The van der Waals surface area contributed by atoms with Gasteiger partial charge in [-0.2, -0.15) is 0 Å². The van der Waals surface area contributed by atoms with Crippen LogP contribution in [0, 0.1) is 5.92 Å². The Bertz CT molecular complexity index is 530. The van der Waals surface area contributed by atoms with E-state index in [-0.39, 0.29) is 6.04 Å². The average molecular weight is 324 g/mol. The molecule has 2 atom stereocenters. The van der Waals surface area contributed by atoms with Crippen LogP contribution < -0.4 is 10.6 Å². The third kappa shape index (κ3) is 4.84. The summed E-state index contributed by atoms with van der Waals surface area (Å²) < 4.78 is 4.84. The monoisotopic (exact) mass is 324 g/mol. The van der Waals surface area contributed by atoms with Gasteiger partial charge in [-0.25, -0.2) is 9.59 Å². The van der Waals surface area contributed by atoms with Crippen molar-refractivity contribution in [1.29, 1.82) is 0 Å². The van der Waals surface area contributed by atoms with Gasteiger partial charge in [-0.1, -0.05) is 25.8 Å². The molecule has 1 aromatic rings. The van der Waals surface area contributed by atoms with Crippen molar-refractivity contribution < 1.29 is 19.1 Å². The van der Waals surface area contributed by atoms with Crippen molar-refractivity contribution >= 4 is 29.2 Å². The van der Waals surface area contributed by atoms with Gasteiger partial charge in [0.2, 0.25) is 0 Å². The molecule has 2 rings (SSSR count). The minimum absolute atomic E-state index is 0.0928. The summed E-state index contributed by atoms with van der Waals surface area (Å²) in [5.74, 6) is -0.788. The fraction of sp³-hybridized carbons (Fsp3) is 0.533. The van der Waals surface area contributed by atoms with Crippen LogP contribution >= 0.6 is 11.3 Å². The van der Waals surface area contributed by atoms with Crippen LogP contribution in [0.15, 0.2) is 17.5 Å². The number of carbonyl (C=O) groups is 3. The predicted molar refractivity (Wildman–Crippen MR) is 82.7 cm³/mol. The number of nitrogens with one attached hydrogen (secondary N) is 2. The van der Waals surface area contributed by atoms with Crippen LogP contribution in [-0.4, -0.2) is 30.6 Å². The number of hydrogen-bond donors (Lipinski definition) is 2. The maximum atomic E-state index is 11.8. The van der Waals surface area contributed by atoms with E-state index in [1.165, 1.54) is 17.8 Å². The molecule has 1 aliphatic carbocycles. The van der Waals surface area contributed by atoms with Gasteiger partial charge < -0.3 is 10.1 Å². The number of imide groups is 1. The second-order valence-corrected chi connectivity index (χ2v) is 6.39. The second-order valence-electron chi connectivity index (χ2n) is 5.44. The Labute approximate surface area is 133 Å². The molecule has 0 unspecified atom stereocenters. The lowest BCUT2D eigenvalue weighted by atomic mass is 9.86. The van der Waals surface area contributed by atoms with Crippen LogP contribution in [0.1, 0.15) is 42.3 Å². The van der Waals surface area contributed by atoms with Gasteiger partial charge in [-0.05, 0) is 30.2 Å². The van der Waals surface area contributed by atoms with Crippen molar-refractivity contribution in [3.05, 3.63) is 22.4 Å². The molecule has 1 aromatic heterocycles. The summed E-state index contributed by atoms with van der Waals surface area (Å²) in [6, 6.07) is 2.90. The number of urea groups is 1. The van der Waals surface area contributed by atoms with Gasteiger partial charge in [0.25, 0.3) is 5.91 Å². The molecule has 1 aliphatic rings. The zero-order valence-corrected chi connectivity index (χ0v) is 13.3. The van der Waals surface area contributed by atoms with E-state index < -0.39 is 24.5 Å². The number of hydrogen-bond acceptors (Lipinski definition) is 5. The lowest BCUT2D eigenvalue weighted by Crippen LogP contribution is -2.48. The first-order valence-electron chi connectivity index (χ1n) is 7.37. The van der Waals surface area contributed by atoms with Crippen molar-refractivity contribution in [3.8, 4) is 0 Å². The quantitative estimate of drug-likeness (QED) is 0.832. The van der Waals surface area contributed by atoms with E-state index >= 15 is 0 Å². The summed E-state index contributed by atoms with van der Waals surface area (Å²) in [4.78, 5) is 35.4. The number of ether oxygens (including phenoxy) is 1. The highest BCUT2D eigenvalue weighted by Crippen LogP contribution is 2.23. The number of amides is 3. The molecule has 0 aromatic carbocycles. The lowest BCUT2D eigenvalue weighted by molar-refractivity contribution is -0.123. The van der Waals surface area contributed by atoms with Crippen LogP contribution in [0.3, 0.4) is 0 Å². The average Bonchev–Trinajstić information content (AvgIpc) is 3.01. The molecule has 1 saturated carbocycles. The summed E-state index contributed by atoms with van der Waals surface area (Å²) in [6.45, 7) is 1.62. The van der Waals surface area contributed by atoms with E-state index in [9.17, 15) is 14.4 Å². The maximum Gasteiger partial charge on any atom is 0.348 e. The molecule has 7 heteroatoms. The molecule has 0 aliphatic heterocycles. The molecule has 1 fully saturated rings. The summed E-state index contributed by atoms with van der Waals surface area (Å²) in [7, 11) is 0. The van der Waals surface area contributed by atoms with Crippen molar-refractivity contribution in [2.24, 2.45) is 5.92 Å². The Morgan fingerprint density at radius 1 is 1.32 bits per heavy atom. The lowest BCUT2D eigenvalue weighted by Gasteiger charge is -2.29. The smallest absolute Gasteiger partial charge is 0.348 e. The minimum Gasteiger partial charge on any atom is -0.451 e. The van der Waals surface area contributed by atoms with E-state index in [1.54, 1.807) is 17.5 Å². The number of carbonyl (C=O) groups excluding carboxylic acids is 3. The fourth-order valence-corrected chi connectivity index (χ4v) is 3.11. The van der Waals surface area contributed by atoms with Crippen LogP contribution in [0.4, 0.5) is 4.79 Å². The highest BCUT2D eigenvalue weighted by Gasteiger charge is 2.23. The summed E-state index contributed by atoms with van der Waals surface area (Å²) in [6.07, 6.45) is 4.27. The summed E-state index contributed by atoms with van der Waals surface area (Å²) in [5, 5.41) is 6.74. The Morgan fingerprint density at radius 2 is 2.09 bits per heavy atom. The molecule has 2 N–H and O–H groups in total. The molecule has 3 amide bonds. The molecule has 22 heavy (non-hydrogen) atoms. The van der Waals surface area contributed by atoms with E-state index in [0.29, 0.717) is 10.8 Å². The van der Waals surface area contributed by atoms with Crippen molar-refractivity contribution in [2.75, 3.05) is 6.61 Å². The zero-order valence-electron chi connectivity index (χ0n) is 12.5. The SMILES string of the molecule is C[C@@H]1CCCC[C@@H]1NC(=O)NC(=O)COC(=O)c1cccs1. The van der Waals surface area contributed by atoms with Crippen molar-refractivity contribution in [1.82, 2.24) is 10.6 Å². The zero-order chi connectivity index (χ0) is 15.9. The summed E-state index contributed by atoms with van der Waals surface area (Å²) in [5.41, 5.74) is 0. The first-order valence-corrected chi connectivity index (χ1v) is 8.25. The molecule has 0 bridgehead atoms. The second kappa shape index (κ2) is 7.93. The van der Waals surface area contributed by atoms with Gasteiger partial charge in [0.05, 0.1) is 0 Å². The largest absolute Gasteiger partial charge is 0.451 e. The molecule has 0 spiro atoms. The van der Waals surface area contributed by atoms with E-state index in [2.05, 4.69) is 17.6 Å². The third-order valence-corrected chi connectivity index (χ3v) is 4.59. The number of esters is 1. The van der Waals surface area contributed by atoms with Crippen molar-refractivity contribution in [2.45, 2.75) is 38.6 Å². The van der Waals surface area contributed by atoms with Gasteiger partial charge in [-0.15, -0.1) is 11.3 Å². The van der Waals surface area contributed by atoms with Gasteiger partial charge in [0, 0.05) is 6.04 Å². The van der Waals surface area contributed by atoms with Crippen LogP contribution in [0.25, 0.3) is 0 Å². The molecule has 6 nitrogen and oxygen atoms in total. The molecule has 1 heterocycles. The maximum absolute atomic E-state index is 11.8. The molecular formula is C15H20N2O4S. The van der Waals surface area contributed by atoms with E-state index in [4.69, 9.17) is 4.74 Å². The molecule has 0 radical (unpaired) electrons. The van der Waals surface area contributed by atoms with Gasteiger partial charge >= 0.3 is 12.0 Å². The fourth-order valence-electron chi connectivity index (χ4n) is 2.49. The Hall–Kier alpha value is -1.89.